The van der Waals surface area contributed by atoms with Gasteiger partial charge in [0.2, 0.25) is 0 Å². The molecule has 3 heterocycles. The van der Waals surface area contributed by atoms with Gasteiger partial charge in [-0.1, -0.05) is 12.1 Å². The molecule has 7 heteroatoms. The van der Waals surface area contributed by atoms with Crippen molar-refractivity contribution in [1.29, 1.82) is 0 Å². The maximum Gasteiger partial charge on any atom is 0.411 e. The molecular formula is C16H17NO6. The van der Waals surface area contributed by atoms with Crippen molar-refractivity contribution < 1.29 is 28.5 Å². The molecule has 1 aromatic carbocycles. The van der Waals surface area contributed by atoms with E-state index in [9.17, 15) is 9.59 Å². The van der Waals surface area contributed by atoms with Gasteiger partial charge in [-0.3, -0.25) is 9.69 Å². The number of esters is 1. The Balaban J connectivity index is 1.56. The summed E-state index contributed by atoms with van der Waals surface area (Å²) in [5.74, 6) is 0.468. The van der Waals surface area contributed by atoms with E-state index < -0.39 is 18.3 Å². The number of nitrogens with zero attached hydrogens (tertiary/aromatic N) is 1. The molecule has 1 aromatic rings. The zero-order valence-electron chi connectivity index (χ0n) is 12.6. The molecule has 7 nitrogen and oxygen atoms in total. The van der Waals surface area contributed by atoms with Crippen LogP contribution in [0.4, 0.5) is 4.79 Å². The second-order valence-electron chi connectivity index (χ2n) is 5.92. The Bertz CT molecular complexity index is 630. The molecule has 0 saturated carbocycles. The fourth-order valence-corrected chi connectivity index (χ4v) is 3.43. The highest BCUT2D eigenvalue weighted by atomic mass is 16.6. The number of rotatable bonds is 3. The third kappa shape index (κ3) is 2.41. The fourth-order valence-electron chi connectivity index (χ4n) is 3.43. The van der Waals surface area contributed by atoms with E-state index in [2.05, 4.69) is 0 Å². The van der Waals surface area contributed by atoms with Crippen molar-refractivity contribution in [3.8, 4) is 5.75 Å². The summed E-state index contributed by atoms with van der Waals surface area (Å²) in [4.78, 5) is 25.4. The first-order chi connectivity index (χ1) is 11.2. The number of ether oxygens (including phenoxy) is 4. The minimum atomic E-state index is -0.453. The van der Waals surface area contributed by atoms with Gasteiger partial charge >= 0.3 is 12.1 Å². The Morgan fingerprint density at radius 3 is 2.70 bits per heavy atom. The monoisotopic (exact) mass is 319 g/mol. The van der Waals surface area contributed by atoms with Crippen LogP contribution in [0.2, 0.25) is 0 Å². The Hall–Kier alpha value is -2.28. The van der Waals surface area contributed by atoms with Crippen molar-refractivity contribution in [3.05, 3.63) is 29.8 Å². The third-order valence-corrected chi connectivity index (χ3v) is 4.55. The first-order valence-electron chi connectivity index (χ1n) is 7.57. The van der Waals surface area contributed by atoms with Gasteiger partial charge in [0.1, 0.15) is 17.9 Å². The molecule has 0 unspecified atom stereocenters. The van der Waals surface area contributed by atoms with E-state index in [0.29, 0.717) is 13.2 Å². The molecule has 0 N–H and O–H groups in total. The molecule has 1 amide bonds. The van der Waals surface area contributed by atoms with Crippen LogP contribution in [0.25, 0.3) is 0 Å². The predicted octanol–water partition coefficient (Wildman–Crippen LogP) is 1.10. The summed E-state index contributed by atoms with van der Waals surface area (Å²) in [7, 11) is 1.61. The van der Waals surface area contributed by atoms with Gasteiger partial charge in [0.15, 0.2) is 12.2 Å². The topological polar surface area (TPSA) is 74.3 Å². The summed E-state index contributed by atoms with van der Waals surface area (Å²) >= 11 is 0. The van der Waals surface area contributed by atoms with E-state index >= 15 is 0 Å². The van der Waals surface area contributed by atoms with Crippen LogP contribution in [0, 0.1) is 0 Å². The van der Waals surface area contributed by atoms with Crippen LogP contribution in [0.3, 0.4) is 0 Å². The summed E-state index contributed by atoms with van der Waals surface area (Å²) in [5.41, 5.74) is 0.954. The second kappa shape index (κ2) is 5.42. The molecule has 0 aromatic heterocycles. The lowest BCUT2D eigenvalue weighted by Crippen LogP contribution is -2.54. The fraction of sp³-hybridized carbons (Fsp3) is 0.500. The number of carbonyl (C=O) groups excluding carboxylic acids is 2. The van der Waals surface area contributed by atoms with Gasteiger partial charge in [0, 0.05) is 6.54 Å². The lowest BCUT2D eigenvalue weighted by Gasteiger charge is -2.35. The summed E-state index contributed by atoms with van der Waals surface area (Å²) in [6.45, 7) is 0.693. The van der Waals surface area contributed by atoms with Gasteiger partial charge in [-0.05, 0) is 17.7 Å². The number of hydrogen-bond donors (Lipinski definition) is 0. The van der Waals surface area contributed by atoms with Gasteiger partial charge in [-0.15, -0.1) is 0 Å². The number of hydrogen-bond acceptors (Lipinski definition) is 6. The van der Waals surface area contributed by atoms with Crippen LogP contribution in [0.1, 0.15) is 12.0 Å². The molecule has 4 rings (SSSR count). The van der Waals surface area contributed by atoms with Crippen molar-refractivity contribution in [3.63, 3.8) is 0 Å². The number of methoxy groups -OCH3 is 1. The van der Waals surface area contributed by atoms with Crippen molar-refractivity contribution in [1.82, 2.24) is 4.90 Å². The van der Waals surface area contributed by atoms with Crippen LogP contribution in [0.5, 0.6) is 5.75 Å². The van der Waals surface area contributed by atoms with E-state index in [1.807, 2.05) is 24.3 Å². The van der Waals surface area contributed by atoms with E-state index in [1.165, 1.54) is 0 Å². The minimum Gasteiger partial charge on any atom is -0.497 e. The largest absolute Gasteiger partial charge is 0.497 e. The first kappa shape index (κ1) is 14.3. The van der Waals surface area contributed by atoms with Gasteiger partial charge in [0.25, 0.3) is 0 Å². The number of amides is 1. The number of carbonyl (C=O) groups is 2. The highest BCUT2D eigenvalue weighted by molar-refractivity contribution is 5.74. The van der Waals surface area contributed by atoms with E-state index in [-0.39, 0.29) is 24.5 Å². The average Bonchev–Trinajstić information content (AvgIpc) is 3.07. The Labute approximate surface area is 133 Å². The maximum absolute atomic E-state index is 12.2. The van der Waals surface area contributed by atoms with E-state index in [4.69, 9.17) is 18.9 Å². The predicted molar refractivity (Wildman–Crippen MR) is 76.8 cm³/mol. The zero-order chi connectivity index (χ0) is 16.0. The summed E-state index contributed by atoms with van der Waals surface area (Å²) in [6, 6.07) is 7.19. The molecule has 3 aliphatic heterocycles. The van der Waals surface area contributed by atoms with Crippen LogP contribution in [-0.2, 0) is 25.5 Å². The molecule has 23 heavy (non-hydrogen) atoms. The van der Waals surface area contributed by atoms with Crippen molar-refractivity contribution in [2.24, 2.45) is 0 Å². The third-order valence-electron chi connectivity index (χ3n) is 4.55. The second-order valence-corrected chi connectivity index (χ2v) is 5.92. The molecule has 3 aliphatic rings. The Kier molecular flexibility index (Phi) is 3.37. The molecule has 4 atom stereocenters. The van der Waals surface area contributed by atoms with Gasteiger partial charge < -0.3 is 18.9 Å². The molecule has 3 saturated heterocycles. The molecule has 3 fully saturated rings. The quantitative estimate of drug-likeness (QED) is 0.777. The van der Waals surface area contributed by atoms with Crippen LogP contribution in [0.15, 0.2) is 24.3 Å². The Morgan fingerprint density at radius 1 is 1.17 bits per heavy atom. The lowest BCUT2D eigenvalue weighted by atomic mass is 9.96. The molecule has 0 spiro atoms. The van der Waals surface area contributed by atoms with Crippen LogP contribution < -0.4 is 4.74 Å². The molecule has 0 bridgehead atoms. The van der Waals surface area contributed by atoms with Crippen molar-refractivity contribution >= 4 is 12.1 Å². The van der Waals surface area contributed by atoms with Crippen molar-refractivity contribution in [2.45, 2.75) is 37.3 Å². The van der Waals surface area contributed by atoms with E-state index in [1.54, 1.807) is 12.0 Å². The molecule has 0 radical (unpaired) electrons. The maximum atomic E-state index is 12.2. The van der Waals surface area contributed by atoms with Gasteiger partial charge in [-0.2, -0.15) is 0 Å². The molecular weight excluding hydrogens is 302 g/mol. The number of fused-ring (bicyclic) bond motifs is 3. The normalized spacial score (nSPS) is 32.1. The highest BCUT2D eigenvalue weighted by Crippen LogP contribution is 2.36. The van der Waals surface area contributed by atoms with Gasteiger partial charge in [0.05, 0.1) is 20.1 Å². The SMILES string of the molecule is COc1ccc(CN2C(=O)O[C@@H]3CO[C@@H]4CC(=O)O[C@@H]4[C@@H]32)cc1. The van der Waals surface area contributed by atoms with Gasteiger partial charge in [-0.25, -0.2) is 4.79 Å². The zero-order valence-corrected chi connectivity index (χ0v) is 12.6. The minimum absolute atomic E-state index is 0.235. The Morgan fingerprint density at radius 2 is 1.96 bits per heavy atom. The molecule has 0 aliphatic carbocycles. The lowest BCUT2D eigenvalue weighted by molar-refractivity contribution is -0.150. The first-order valence-corrected chi connectivity index (χ1v) is 7.57. The average molecular weight is 319 g/mol. The van der Waals surface area contributed by atoms with E-state index in [0.717, 1.165) is 11.3 Å². The summed E-state index contributed by atoms with van der Waals surface area (Å²) in [6.07, 6.45) is -1.31. The standard InChI is InChI=1S/C16H17NO6/c1-20-10-4-2-9(3-5-10)7-17-14-12(22-16(17)19)8-21-11-6-13(18)23-15(11)14/h2-5,11-12,14-15H,6-8H2,1H3/t11-,12-,14-,15+/m1/s1. The summed E-state index contributed by atoms with van der Waals surface area (Å²) < 4.78 is 21.5. The van der Waals surface area contributed by atoms with Crippen molar-refractivity contribution in [2.75, 3.05) is 13.7 Å². The molecule has 122 valence electrons. The summed E-state index contributed by atoms with van der Waals surface area (Å²) in [5, 5.41) is 0. The highest BCUT2D eigenvalue weighted by Gasteiger charge is 2.56. The van der Waals surface area contributed by atoms with Crippen LogP contribution >= 0.6 is 0 Å². The van der Waals surface area contributed by atoms with Crippen LogP contribution in [-0.4, -0.2) is 55.0 Å². The smallest absolute Gasteiger partial charge is 0.411 e. The number of benzene rings is 1.